The molecule has 68 valence electrons. The fourth-order valence-corrected chi connectivity index (χ4v) is 1.30. The molecule has 1 heterocycles. The van der Waals surface area contributed by atoms with Gasteiger partial charge in [0, 0.05) is 0 Å². The predicted molar refractivity (Wildman–Crippen MR) is 51.3 cm³/mol. The Morgan fingerprint density at radius 2 is 2.23 bits per heavy atom. The predicted octanol–water partition coefficient (Wildman–Crippen LogP) is 2.16. The Bertz CT molecular complexity index is 431. The molecule has 0 saturated heterocycles. The third-order valence-corrected chi connectivity index (χ3v) is 2.03. The van der Waals surface area contributed by atoms with Gasteiger partial charge >= 0.3 is 0 Å². The minimum atomic E-state index is -0.146. The van der Waals surface area contributed by atoms with Crippen LogP contribution in [0.5, 0.6) is 0 Å². The molecule has 0 fully saturated rings. The topological polar surface area (TPSA) is 52.0 Å². The Hall–Kier alpha value is -1.35. The zero-order valence-corrected chi connectivity index (χ0v) is 7.74. The van der Waals surface area contributed by atoms with Crippen LogP contribution in [0.4, 0.5) is 0 Å². The Labute approximate surface area is 76.6 Å². The zero-order chi connectivity index (χ0) is 9.42. The average Bonchev–Trinajstić information content (AvgIpc) is 2.49. The monoisotopic (exact) mass is 176 g/mol. The van der Waals surface area contributed by atoms with Crippen molar-refractivity contribution in [3.63, 3.8) is 0 Å². The van der Waals surface area contributed by atoms with Crippen LogP contribution in [0.3, 0.4) is 0 Å². The first-order valence-corrected chi connectivity index (χ1v) is 4.30. The van der Waals surface area contributed by atoms with Gasteiger partial charge in [-0.05, 0) is 25.5 Å². The Morgan fingerprint density at radius 1 is 1.46 bits per heavy atom. The summed E-state index contributed by atoms with van der Waals surface area (Å²) in [5, 5.41) is 0. The number of rotatable bonds is 1. The molecule has 0 unspecified atom stereocenters. The molecule has 1 atom stereocenters. The van der Waals surface area contributed by atoms with Gasteiger partial charge in [-0.2, -0.15) is 0 Å². The standard InChI is InChI=1S/C10H12N2O/c1-6-4-3-5-8-9(6)12-10(13-8)7(2)11/h3-5,7H,11H2,1-2H3/t7-/m0/s1. The second kappa shape index (κ2) is 2.85. The van der Waals surface area contributed by atoms with Crippen LogP contribution in [0.2, 0.25) is 0 Å². The SMILES string of the molecule is Cc1cccc2oc([C@H](C)N)nc12. The van der Waals surface area contributed by atoms with E-state index >= 15 is 0 Å². The smallest absolute Gasteiger partial charge is 0.212 e. The van der Waals surface area contributed by atoms with E-state index in [4.69, 9.17) is 10.2 Å². The lowest BCUT2D eigenvalue weighted by molar-refractivity contribution is 0.493. The van der Waals surface area contributed by atoms with E-state index in [1.165, 1.54) is 0 Å². The number of hydrogen-bond acceptors (Lipinski definition) is 3. The number of nitrogens with zero attached hydrogens (tertiary/aromatic N) is 1. The fourth-order valence-electron chi connectivity index (χ4n) is 1.30. The summed E-state index contributed by atoms with van der Waals surface area (Å²) < 4.78 is 5.47. The van der Waals surface area contributed by atoms with E-state index in [0.29, 0.717) is 5.89 Å². The Kier molecular flexibility index (Phi) is 1.81. The number of hydrogen-bond donors (Lipinski definition) is 1. The summed E-state index contributed by atoms with van der Waals surface area (Å²) >= 11 is 0. The first-order chi connectivity index (χ1) is 6.18. The Morgan fingerprint density at radius 3 is 2.85 bits per heavy atom. The van der Waals surface area contributed by atoms with E-state index in [2.05, 4.69) is 4.98 Å². The summed E-state index contributed by atoms with van der Waals surface area (Å²) in [5.74, 6) is 0.601. The van der Waals surface area contributed by atoms with Gasteiger partial charge < -0.3 is 10.2 Å². The fraction of sp³-hybridized carbons (Fsp3) is 0.300. The van der Waals surface area contributed by atoms with Crippen LogP contribution in [0.15, 0.2) is 22.6 Å². The second-order valence-corrected chi connectivity index (χ2v) is 3.26. The van der Waals surface area contributed by atoms with Crippen LogP contribution in [0.25, 0.3) is 11.1 Å². The molecule has 1 aromatic carbocycles. The highest BCUT2D eigenvalue weighted by Gasteiger charge is 2.09. The number of oxazole rings is 1. The van der Waals surface area contributed by atoms with Crippen molar-refractivity contribution in [2.45, 2.75) is 19.9 Å². The lowest BCUT2D eigenvalue weighted by atomic mass is 10.2. The summed E-state index contributed by atoms with van der Waals surface area (Å²) in [4.78, 5) is 4.32. The summed E-state index contributed by atoms with van der Waals surface area (Å²) in [6.45, 7) is 3.87. The van der Waals surface area contributed by atoms with Gasteiger partial charge in [0.15, 0.2) is 5.58 Å². The Balaban J connectivity index is 2.68. The van der Waals surface area contributed by atoms with Gasteiger partial charge in [0.2, 0.25) is 5.89 Å². The van der Waals surface area contributed by atoms with Crippen molar-refractivity contribution in [2.75, 3.05) is 0 Å². The van der Waals surface area contributed by atoms with Crippen molar-refractivity contribution in [1.29, 1.82) is 0 Å². The second-order valence-electron chi connectivity index (χ2n) is 3.26. The largest absolute Gasteiger partial charge is 0.439 e. The molecular formula is C10H12N2O. The molecule has 0 bridgehead atoms. The van der Waals surface area contributed by atoms with E-state index in [0.717, 1.165) is 16.7 Å². The molecule has 0 aliphatic carbocycles. The minimum absolute atomic E-state index is 0.146. The van der Waals surface area contributed by atoms with Crippen LogP contribution < -0.4 is 5.73 Å². The van der Waals surface area contributed by atoms with Crippen molar-refractivity contribution in [1.82, 2.24) is 4.98 Å². The molecule has 0 radical (unpaired) electrons. The molecule has 0 aliphatic rings. The summed E-state index contributed by atoms with van der Waals surface area (Å²) in [6, 6.07) is 5.72. The van der Waals surface area contributed by atoms with Crippen molar-refractivity contribution in [2.24, 2.45) is 5.73 Å². The molecule has 2 aromatic rings. The average molecular weight is 176 g/mol. The van der Waals surface area contributed by atoms with Gasteiger partial charge in [0.25, 0.3) is 0 Å². The summed E-state index contributed by atoms with van der Waals surface area (Å²) in [7, 11) is 0. The highest BCUT2D eigenvalue weighted by Crippen LogP contribution is 2.21. The van der Waals surface area contributed by atoms with Gasteiger partial charge in [-0.3, -0.25) is 0 Å². The molecule has 3 heteroatoms. The lowest BCUT2D eigenvalue weighted by Crippen LogP contribution is -2.04. The maximum absolute atomic E-state index is 5.67. The molecule has 0 amide bonds. The maximum atomic E-state index is 5.67. The molecule has 0 aliphatic heterocycles. The van der Waals surface area contributed by atoms with Crippen LogP contribution >= 0.6 is 0 Å². The maximum Gasteiger partial charge on any atom is 0.212 e. The molecule has 0 spiro atoms. The van der Waals surface area contributed by atoms with Crippen molar-refractivity contribution < 1.29 is 4.42 Å². The number of aryl methyl sites for hydroxylation is 1. The van der Waals surface area contributed by atoms with Crippen molar-refractivity contribution in [3.05, 3.63) is 29.7 Å². The van der Waals surface area contributed by atoms with Crippen LogP contribution in [-0.2, 0) is 0 Å². The third-order valence-electron chi connectivity index (χ3n) is 2.03. The van der Waals surface area contributed by atoms with Gasteiger partial charge in [-0.25, -0.2) is 4.98 Å². The molecule has 3 nitrogen and oxygen atoms in total. The number of para-hydroxylation sites is 1. The van der Waals surface area contributed by atoms with Crippen LogP contribution in [0, 0.1) is 6.92 Å². The van der Waals surface area contributed by atoms with Crippen molar-refractivity contribution >= 4 is 11.1 Å². The molecule has 0 saturated carbocycles. The number of fused-ring (bicyclic) bond motifs is 1. The summed E-state index contributed by atoms with van der Waals surface area (Å²) in [6.07, 6.45) is 0. The van der Waals surface area contributed by atoms with Gasteiger partial charge in [0.05, 0.1) is 6.04 Å². The number of benzene rings is 1. The molecule has 2 N–H and O–H groups in total. The highest BCUT2D eigenvalue weighted by atomic mass is 16.3. The number of nitrogens with two attached hydrogens (primary N) is 1. The molecule has 2 rings (SSSR count). The van der Waals surface area contributed by atoms with Gasteiger partial charge in [-0.15, -0.1) is 0 Å². The normalized spacial score (nSPS) is 13.5. The minimum Gasteiger partial charge on any atom is -0.439 e. The highest BCUT2D eigenvalue weighted by molar-refractivity contribution is 5.76. The molecule has 1 aromatic heterocycles. The first-order valence-electron chi connectivity index (χ1n) is 4.30. The van der Waals surface area contributed by atoms with Gasteiger partial charge in [-0.1, -0.05) is 12.1 Å². The quantitative estimate of drug-likeness (QED) is 0.724. The third kappa shape index (κ3) is 1.31. The van der Waals surface area contributed by atoms with Gasteiger partial charge in [0.1, 0.15) is 5.52 Å². The van der Waals surface area contributed by atoms with E-state index < -0.39 is 0 Å². The van der Waals surface area contributed by atoms with E-state index in [-0.39, 0.29) is 6.04 Å². The zero-order valence-electron chi connectivity index (χ0n) is 7.74. The number of aromatic nitrogens is 1. The molecule has 13 heavy (non-hydrogen) atoms. The van der Waals surface area contributed by atoms with E-state index in [1.807, 2.05) is 32.0 Å². The first kappa shape index (κ1) is 8.26. The summed E-state index contributed by atoms with van der Waals surface area (Å²) in [5.41, 5.74) is 8.51. The van der Waals surface area contributed by atoms with Crippen LogP contribution in [0.1, 0.15) is 24.4 Å². The lowest BCUT2D eigenvalue weighted by Gasteiger charge is -1.94. The molecular weight excluding hydrogens is 164 g/mol. The van der Waals surface area contributed by atoms with E-state index in [1.54, 1.807) is 0 Å². The van der Waals surface area contributed by atoms with Crippen LogP contribution in [-0.4, -0.2) is 4.98 Å². The van der Waals surface area contributed by atoms with E-state index in [9.17, 15) is 0 Å². The van der Waals surface area contributed by atoms with Crippen molar-refractivity contribution in [3.8, 4) is 0 Å².